The highest BCUT2D eigenvalue weighted by Crippen LogP contribution is 2.39. The van der Waals surface area contributed by atoms with Gasteiger partial charge in [0.25, 0.3) is 5.56 Å². The summed E-state index contributed by atoms with van der Waals surface area (Å²) < 4.78 is 0. The predicted octanol–water partition coefficient (Wildman–Crippen LogP) is 1.93. The average molecular weight is 221 g/mol. The van der Waals surface area contributed by atoms with Gasteiger partial charge in [-0.3, -0.25) is 4.79 Å². The van der Waals surface area contributed by atoms with Crippen molar-refractivity contribution in [2.24, 2.45) is 5.41 Å². The Labute approximate surface area is 95.5 Å². The van der Waals surface area contributed by atoms with Crippen LogP contribution in [0.1, 0.15) is 38.9 Å². The molecule has 0 spiro atoms. The van der Waals surface area contributed by atoms with Crippen LogP contribution in [0.5, 0.6) is 0 Å². The molecule has 4 heteroatoms. The SMILES string of the molecule is CCc1nc(NCC2(C)CCC2)cc(=O)[nH]1. The molecule has 0 aliphatic heterocycles. The molecule has 16 heavy (non-hydrogen) atoms. The van der Waals surface area contributed by atoms with E-state index >= 15 is 0 Å². The molecule has 0 radical (unpaired) electrons. The summed E-state index contributed by atoms with van der Waals surface area (Å²) >= 11 is 0. The molecule has 2 rings (SSSR count). The fourth-order valence-corrected chi connectivity index (χ4v) is 2.03. The largest absolute Gasteiger partial charge is 0.369 e. The Kier molecular flexibility index (Phi) is 2.99. The first kappa shape index (κ1) is 11.2. The molecule has 1 fully saturated rings. The topological polar surface area (TPSA) is 57.8 Å². The zero-order valence-corrected chi connectivity index (χ0v) is 9.97. The monoisotopic (exact) mass is 221 g/mol. The minimum Gasteiger partial charge on any atom is -0.369 e. The number of H-pyrrole nitrogens is 1. The van der Waals surface area contributed by atoms with Crippen LogP contribution in [-0.2, 0) is 6.42 Å². The lowest BCUT2D eigenvalue weighted by molar-refractivity contribution is 0.180. The van der Waals surface area contributed by atoms with Gasteiger partial charge >= 0.3 is 0 Å². The maximum absolute atomic E-state index is 11.3. The van der Waals surface area contributed by atoms with E-state index in [1.807, 2.05) is 6.92 Å². The molecule has 0 unspecified atom stereocenters. The van der Waals surface area contributed by atoms with Gasteiger partial charge in [-0.1, -0.05) is 20.3 Å². The average Bonchev–Trinajstić information content (AvgIpc) is 2.23. The molecule has 0 bridgehead atoms. The van der Waals surface area contributed by atoms with Gasteiger partial charge in [0.15, 0.2) is 0 Å². The minimum atomic E-state index is -0.0758. The van der Waals surface area contributed by atoms with Gasteiger partial charge in [0.1, 0.15) is 11.6 Å². The van der Waals surface area contributed by atoms with Crippen molar-refractivity contribution in [3.63, 3.8) is 0 Å². The first-order chi connectivity index (χ1) is 7.61. The van der Waals surface area contributed by atoms with Gasteiger partial charge in [0, 0.05) is 19.0 Å². The second-order valence-corrected chi connectivity index (χ2v) is 4.95. The van der Waals surface area contributed by atoms with Gasteiger partial charge < -0.3 is 10.3 Å². The van der Waals surface area contributed by atoms with Crippen LogP contribution >= 0.6 is 0 Å². The summed E-state index contributed by atoms with van der Waals surface area (Å²) in [5.41, 5.74) is 0.324. The first-order valence-electron chi connectivity index (χ1n) is 5.95. The number of rotatable bonds is 4. The second kappa shape index (κ2) is 4.28. The fourth-order valence-electron chi connectivity index (χ4n) is 2.03. The summed E-state index contributed by atoms with van der Waals surface area (Å²) in [6, 6.07) is 1.53. The Morgan fingerprint density at radius 2 is 2.31 bits per heavy atom. The molecule has 0 saturated heterocycles. The van der Waals surface area contributed by atoms with Crippen molar-refractivity contribution < 1.29 is 0 Å². The second-order valence-electron chi connectivity index (χ2n) is 4.95. The number of hydrogen-bond acceptors (Lipinski definition) is 3. The highest BCUT2D eigenvalue weighted by molar-refractivity contribution is 5.33. The van der Waals surface area contributed by atoms with Crippen molar-refractivity contribution in [2.45, 2.75) is 39.5 Å². The number of nitrogens with zero attached hydrogens (tertiary/aromatic N) is 1. The number of anilines is 1. The van der Waals surface area contributed by atoms with Crippen molar-refractivity contribution in [2.75, 3.05) is 11.9 Å². The lowest BCUT2D eigenvalue weighted by atomic mass is 9.70. The van der Waals surface area contributed by atoms with E-state index in [0.717, 1.165) is 18.8 Å². The summed E-state index contributed by atoms with van der Waals surface area (Å²) in [6.45, 7) is 5.17. The molecule has 1 aromatic heterocycles. The van der Waals surface area contributed by atoms with Crippen LogP contribution in [0.15, 0.2) is 10.9 Å². The Bertz CT molecular complexity index is 421. The van der Waals surface area contributed by atoms with Crippen LogP contribution in [0.2, 0.25) is 0 Å². The third kappa shape index (κ3) is 2.43. The Morgan fingerprint density at radius 3 is 2.88 bits per heavy atom. The number of aromatic nitrogens is 2. The summed E-state index contributed by atoms with van der Waals surface area (Å²) in [7, 11) is 0. The van der Waals surface area contributed by atoms with Crippen LogP contribution in [-0.4, -0.2) is 16.5 Å². The van der Waals surface area contributed by atoms with Gasteiger partial charge in [-0.25, -0.2) is 4.98 Å². The van der Waals surface area contributed by atoms with Crippen molar-refractivity contribution in [3.05, 3.63) is 22.2 Å². The Hall–Kier alpha value is -1.32. The smallest absolute Gasteiger partial charge is 0.252 e. The summed E-state index contributed by atoms with van der Waals surface area (Å²) in [5, 5.41) is 3.27. The molecule has 1 aromatic rings. The lowest BCUT2D eigenvalue weighted by Gasteiger charge is -2.38. The number of hydrogen-bond donors (Lipinski definition) is 2. The van der Waals surface area contributed by atoms with E-state index in [0.29, 0.717) is 11.2 Å². The Balaban J connectivity index is 2.03. The molecule has 1 heterocycles. The third-order valence-corrected chi connectivity index (χ3v) is 3.38. The van der Waals surface area contributed by atoms with Crippen LogP contribution in [0, 0.1) is 5.41 Å². The molecule has 1 aliphatic rings. The van der Waals surface area contributed by atoms with E-state index in [2.05, 4.69) is 22.2 Å². The van der Waals surface area contributed by atoms with Gasteiger partial charge in [-0.15, -0.1) is 0 Å². The van der Waals surface area contributed by atoms with Gasteiger partial charge in [-0.05, 0) is 18.3 Å². The van der Waals surface area contributed by atoms with Gasteiger partial charge in [-0.2, -0.15) is 0 Å². The highest BCUT2D eigenvalue weighted by Gasteiger charge is 2.31. The van der Waals surface area contributed by atoms with Crippen molar-refractivity contribution in [1.82, 2.24) is 9.97 Å². The molecule has 0 atom stereocenters. The summed E-state index contributed by atoms with van der Waals surface area (Å²) in [4.78, 5) is 18.4. The van der Waals surface area contributed by atoms with Crippen molar-refractivity contribution in [3.8, 4) is 0 Å². The maximum atomic E-state index is 11.3. The van der Waals surface area contributed by atoms with E-state index in [4.69, 9.17) is 0 Å². The van der Waals surface area contributed by atoms with Crippen LogP contribution < -0.4 is 10.9 Å². The molecular formula is C12H19N3O. The van der Waals surface area contributed by atoms with E-state index in [1.165, 1.54) is 25.3 Å². The number of aryl methyl sites for hydroxylation is 1. The third-order valence-electron chi connectivity index (χ3n) is 3.38. The van der Waals surface area contributed by atoms with Gasteiger partial charge in [0.05, 0.1) is 0 Å². The van der Waals surface area contributed by atoms with Crippen molar-refractivity contribution >= 4 is 5.82 Å². The molecule has 4 nitrogen and oxygen atoms in total. The molecule has 88 valence electrons. The number of nitrogens with one attached hydrogen (secondary N) is 2. The summed E-state index contributed by atoms with van der Waals surface area (Å²) in [5.74, 6) is 1.45. The maximum Gasteiger partial charge on any atom is 0.252 e. The first-order valence-corrected chi connectivity index (χ1v) is 5.95. The molecule has 0 amide bonds. The van der Waals surface area contributed by atoms with Crippen LogP contribution in [0.4, 0.5) is 5.82 Å². The van der Waals surface area contributed by atoms with E-state index in [-0.39, 0.29) is 5.56 Å². The minimum absolute atomic E-state index is 0.0758. The van der Waals surface area contributed by atoms with Crippen LogP contribution in [0.25, 0.3) is 0 Å². The Morgan fingerprint density at radius 1 is 1.56 bits per heavy atom. The summed E-state index contributed by atoms with van der Waals surface area (Å²) in [6.07, 6.45) is 4.61. The van der Waals surface area contributed by atoms with Crippen molar-refractivity contribution in [1.29, 1.82) is 0 Å². The molecular weight excluding hydrogens is 202 g/mol. The quantitative estimate of drug-likeness (QED) is 0.816. The molecule has 1 aliphatic carbocycles. The zero-order chi connectivity index (χ0) is 11.6. The molecule has 2 N–H and O–H groups in total. The van der Waals surface area contributed by atoms with Gasteiger partial charge in [0.2, 0.25) is 0 Å². The predicted molar refractivity (Wildman–Crippen MR) is 64.7 cm³/mol. The van der Waals surface area contributed by atoms with Crippen LogP contribution in [0.3, 0.4) is 0 Å². The fraction of sp³-hybridized carbons (Fsp3) is 0.667. The van der Waals surface area contributed by atoms with E-state index in [1.54, 1.807) is 0 Å². The highest BCUT2D eigenvalue weighted by atomic mass is 16.1. The van der Waals surface area contributed by atoms with E-state index in [9.17, 15) is 4.79 Å². The number of aromatic amines is 1. The molecule has 0 aromatic carbocycles. The van der Waals surface area contributed by atoms with E-state index < -0.39 is 0 Å². The lowest BCUT2D eigenvalue weighted by Crippen LogP contribution is -2.33. The zero-order valence-electron chi connectivity index (χ0n) is 9.97. The molecule has 1 saturated carbocycles. The standard InChI is InChI=1S/C12H19N3O/c1-3-9-14-10(7-11(16)15-9)13-8-12(2)5-4-6-12/h7H,3-6,8H2,1-2H3,(H2,13,14,15,16). The normalized spacial score (nSPS) is 17.9.